The number of hydrogen-bond acceptors (Lipinski definition) is 2. The third kappa shape index (κ3) is 4.73. The van der Waals surface area contributed by atoms with Crippen LogP contribution >= 0.6 is 0 Å². The van der Waals surface area contributed by atoms with Gasteiger partial charge in [0.05, 0.1) is 23.7 Å². The van der Waals surface area contributed by atoms with E-state index in [1.165, 1.54) is 130 Å². The topological polar surface area (TPSA) is 23.4 Å². The van der Waals surface area contributed by atoms with E-state index in [1.807, 2.05) is 0 Å². The van der Waals surface area contributed by atoms with E-state index in [1.54, 1.807) is 22.5 Å². The highest BCUT2D eigenvalue weighted by Gasteiger charge is 2.58. The van der Waals surface area contributed by atoms with Crippen LogP contribution in [0, 0.1) is 5.92 Å². The molecule has 1 saturated heterocycles. The van der Waals surface area contributed by atoms with Gasteiger partial charge in [-0.3, -0.25) is 0 Å². The molecule has 266 valence electrons. The summed E-state index contributed by atoms with van der Waals surface area (Å²) in [6.07, 6.45) is 40.6. The summed E-state index contributed by atoms with van der Waals surface area (Å²) in [6.45, 7) is 0. The van der Waals surface area contributed by atoms with Gasteiger partial charge in [-0.1, -0.05) is 66.8 Å². The van der Waals surface area contributed by atoms with Gasteiger partial charge in [0.25, 0.3) is 0 Å². The molecule has 3 heteroatoms. The zero-order valence-electron chi connectivity index (χ0n) is 30.8. The van der Waals surface area contributed by atoms with Crippen molar-refractivity contribution in [1.82, 2.24) is 4.57 Å². The van der Waals surface area contributed by atoms with E-state index in [0.717, 1.165) is 24.3 Å². The Balaban J connectivity index is 1.13. The van der Waals surface area contributed by atoms with E-state index in [-0.39, 0.29) is 23.5 Å². The molecule has 0 N–H and O–H groups in total. The molecule has 3 heterocycles. The summed E-state index contributed by atoms with van der Waals surface area (Å²) in [5.74, 6) is 2.66. The van der Waals surface area contributed by atoms with Crippen molar-refractivity contribution in [1.29, 1.82) is 0 Å². The third-order valence-electron chi connectivity index (χ3n) is 14.3. The van der Waals surface area contributed by atoms with Crippen LogP contribution in [0.25, 0.3) is 5.57 Å². The molecular weight excluding hydrogens is 635 g/mol. The zero-order valence-corrected chi connectivity index (χ0v) is 30.8. The molecule has 8 aliphatic rings. The number of ether oxygens (including phenoxy) is 2. The Labute approximate surface area is 310 Å². The van der Waals surface area contributed by atoms with Gasteiger partial charge in [0, 0.05) is 34.4 Å². The minimum absolute atomic E-state index is 0.0381. The fourth-order valence-corrected chi connectivity index (χ4v) is 12.2. The first-order valence-electron chi connectivity index (χ1n) is 21.1. The molecule has 1 spiro atoms. The van der Waals surface area contributed by atoms with Crippen molar-refractivity contribution in [2.45, 2.75) is 139 Å². The van der Waals surface area contributed by atoms with E-state index in [0.29, 0.717) is 12.0 Å². The fourth-order valence-electron chi connectivity index (χ4n) is 12.2. The first-order valence-corrected chi connectivity index (χ1v) is 21.1. The van der Waals surface area contributed by atoms with Crippen molar-refractivity contribution < 1.29 is 9.47 Å². The quantitative estimate of drug-likeness (QED) is 0.256. The maximum absolute atomic E-state index is 7.05. The lowest BCUT2D eigenvalue weighted by atomic mass is 9.54. The molecule has 0 saturated carbocycles. The van der Waals surface area contributed by atoms with Gasteiger partial charge in [-0.25, -0.2) is 0 Å². The van der Waals surface area contributed by atoms with E-state index in [4.69, 9.17) is 9.47 Å². The highest BCUT2D eigenvalue weighted by Crippen LogP contribution is 2.62. The monoisotopic (exact) mass is 687 g/mol. The van der Waals surface area contributed by atoms with E-state index < -0.39 is 0 Å². The molecule has 0 radical (unpaired) electrons. The normalized spacial score (nSPS) is 31.3. The SMILES string of the molecule is C1=CC2OC3CCCC=C3C3(c4cc(C5=CCCCC5)ccc4Oc4ccc(C5CCCc6c5c5c(n6C6C=CCCC6)CCCC5)cc43)C2C=C1. The van der Waals surface area contributed by atoms with Crippen LogP contribution in [-0.4, -0.2) is 16.8 Å². The molecule has 52 heavy (non-hydrogen) atoms. The lowest BCUT2D eigenvalue weighted by Gasteiger charge is -2.55. The first kappa shape index (κ1) is 31.7. The lowest BCUT2D eigenvalue weighted by Crippen LogP contribution is -2.54. The van der Waals surface area contributed by atoms with Crippen LogP contribution in [0.4, 0.5) is 0 Å². The Bertz CT molecular complexity index is 2090. The van der Waals surface area contributed by atoms with Crippen molar-refractivity contribution >= 4 is 5.57 Å². The van der Waals surface area contributed by atoms with Gasteiger partial charge < -0.3 is 14.0 Å². The molecule has 1 fully saturated rings. The molecule has 3 nitrogen and oxygen atoms in total. The smallest absolute Gasteiger partial charge is 0.131 e. The predicted molar refractivity (Wildman–Crippen MR) is 210 cm³/mol. The molecule has 6 atom stereocenters. The number of allylic oxidation sites excluding steroid dienone is 7. The molecule has 2 aliphatic heterocycles. The molecular formula is C49H53NO2. The van der Waals surface area contributed by atoms with Crippen LogP contribution in [0.15, 0.2) is 90.6 Å². The molecule has 6 aliphatic carbocycles. The maximum atomic E-state index is 7.05. The third-order valence-corrected chi connectivity index (χ3v) is 14.3. The van der Waals surface area contributed by atoms with Gasteiger partial charge in [0.1, 0.15) is 11.5 Å². The highest BCUT2D eigenvalue weighted by atomic mass is 16.5. The number of aromatic nitrogens is 1. The highest BCUT2D eigenvalue weighted by molar-refractivity contribution is 5.73. The Hall–Kier alpha value is -3.82. The van der Waals surface area contributed by atoms with Gasteiger partial charge in [0.2, 0.25) is 0 Å². The van der Waals surface area contributed by atoms with Gasteiger partial charge in [-0.05, 0) is 161 Å². The van der Waals surface area contributed by atoms with Crippen LogP contribution in [0.2, 0.25) is 0 Å². The summed E-state index contributed by atoms with van der Waals surface area (Å²) in [4.78, 5) is 0. The Morgan fingerprint density at radius 1 is 0.673 bits per heavy atom. The van der Waals surface area contributed by atoms with Crippen molar-refractivity contribution in [3.05, 3.63) is 135 Å². The molecule has 1 aromatic heterocycles. The van der Waals surface area contributed by atoms with Gasteiger partial charge in [-0.2, -0.15) is 0 Å². The molecule has 2 aromatic carbocycles. The van der Waals surface area contributed by atoms with E-state index in [9.17, 15) is 0 Å². The van der Waals surface area contributed by atoms with Crippen molar-refractivity contribution in [3.8, 4) is 11.5 Å². The van der Waals surface area contributed by atoms with Crippen molar-refractivity contribution in [2.24, 2.45) is 5.92 Å². The minimum atomic E-state index is -0.338. The second-order valence-corrected chi connectivity index (χ2v) is 17.1. The Morgan fingerprint density at radius 3 is 2.40 bits per heavy atom. The molecule has 0 bridgehead atoms. The second-order valence-electron chi connectivity index (χ2n) is 17.1. The zero-order chi connectivity index (χ0) is 34.2. The maximum Gasteiger partial charge on any atom is 0.131 e. The fraction of sp³-hybridized carbons (Fsp3) is 0.469. The van der Waals surface area contributed by atoms with Gasteiger partial charge >= 0.3 is 0 Å². The summed E-state index contributed by atoms with van der Waals surface area (Å²) in [5, 5.41) is 0. The molecule has 11 rings (SSSR count). The molecule has 6 unspecified atom stereocenters. The number of benzene rings is 2. The number of rotatable bonds is 3. The Kier molecular flexibility index (Phi) is 7.71. The number of fused-ring (bicyclic) bond motifs is 11. The lowest BCUT2D eigenvalue weighted by molar-refractivity contribution is -0.0455. The average molecular weight is 688 g/mol. The van der Waals surface area contributed by atoms with Crippen molar-refractivity contribution in [2.75, 3.05) is 0 Å². The predicted octanol–water partition coefficient (Wildman–Crippen LogP) is 12.1. The minimum Gasteiger partial charge on any atom is -0.457 e. The van der Waals surface area contributed by atoms with Crippen molar-refractivity contribution in [3.63, 3.8) is 0 Å². The summed E-state index contributed by atoms with van der Waals surface area (Å²) < 4.78 is 17.0. The largest absolute Gasteiger partial charge is 0.457 e. The average Bonchev–Trinajstić information content (AvgIpc) is 3.56. The summed E-state index contributed by atoms with van der Waals surface area (Å²) in [5.41, 5.74) is 15.0. The Morgan fingerprint density at radius 2 is 1.50 bits per heavy atom. The molecule has 3 aromatic rings. The summed E-state index contributed by atoms with van der Waals surface area (Å²) >= 11 is 0. The summed E-state index contributed by atoms with van der Waals surface area (Å²) in [6, 6.07) is 15.2. The standard InChI is InChI=1S/C49H53NO2/c1-3-14-32(15-4-1)33-26-28-46-40(30-33)49(38-20-8-11-24-44(38)51-45-25-12-9-21-39(45)49)41-31-34(27-29-47(41)52-46)36-19-13-23-43-48(36)37-18-7-10-22-42(37)50(43)35-16-5-2-6-17-35/h5,8,11,14,16,20-21,24,26-31,35-36,38,44-45H,1-4,6-7,9-10,12-13,15,17-19,22-23,25H2. The number of nitrogens with zero attached hydrogens (tertiary/aromatic N) is 1. The van der Waals surface area contributed by atoms with Crippen LogP contribution in [0.1, 0.15) is 147 Å². The van der Waals surface area contributed by atoms with E-state index in [2.05, 4.69) is 89.6 Å². The van der Waals surface area contributed by atoms with E-state index >= 15 is 0 Å². The van der Waals surface area contributed by atoms with Crippen LogP contribution < -0.4 is 4.74 Å². The molecule has 0 amide bonds. The number of hydrogen-bond donors (Lipinski definition) is 0. The van der Waals surface area contributed by atoms with Crippen LogP contribution in [0.3, 0.4) is 0 Å². The second kappa shape index (κ2) is 12.7. The van der Waals surface area contributed by atoms with Crippen LogP contribution in [-0.2, 0) is 29.4 Å². The summed E-state index contributed by atoms with van der Waals surface area (Å²) in [7, 11) is 0. The van der Waals surface area contributed by atoms with Gasteiger partial charge in [-0.15, -0.1) is 0 Å². The van der Waals surface area contributed by atoms with Crippen LogP contribution in [0.5, 0.6) is 11.5 Å². The first-order chi connectivity index (χ1) is 25.8. The van der Waals surface area contributed by atoms with Gasteiger partial charge in [0.15, 0.2) is 0 Å².